The van der Waals surface area contributed by atoms with E-state index in [0.717, 1.165) is 25.7 Å². The van der Waals surface area contributed by atoms with Crippen LogP contribution in [0.15, 0.2) is 34.4 Å². The van der Waals surface area contributed by atoms with Gasteiger partial charge in [-0.1, -0.05) is 12.8 Å². The van der Waals surface area contributed by atoms with Gasteiger partial charge in [0.05, 0.1) is 48.2 Å². The Kier molecular flexibility index (Phi) is 8.20. The molecule has 0 radical (unpaired) electrons. The number of hydrogen-bond donors (Lipinski definition) is 3. The molecule has 1 aromatic carbocycles. The Balaban J connectivity index is 1.88. The van der Waals surface area contributed by atoms with Gasteiger partial charge in [-0.25, -0.2) is 18.0 Å². The molecule has 1 atom stereocenters. The summed E-state index contributed by atoms with van der Waals surface area (Å²) in [5, 5.41) is 8.40. The highest BCUT2D eigenvalue weighted by atomic mass is 32.2. The van der Waals surface area contributed by atoms with E-state index in [4.69, 9.17) is 9.47 Å². The molecule has 2 aliphatic heterocycles. The van der Waals surface area contributed by atoms with E-state index in [-0.39, 0.29) is 18.0 Å². The number of anilines is 1. The molecule has 2 amide bonds. The average molecular weight is 481 g/mol. The van der Waals surface area contributed by atoms with Crippen LogP contribution in [0.3, 0.4) is 0 Å². The largest absolute Gasteiger partial charge is 0.495 e. The van der Waals surface area contributed by atoms with Crippen molar-refractivity contribution in [1.29, 1.82) is 0 Å². The number of benzene rings is 1. The van der Waals surface area contributed by atoms with Gasteiger partial charge in [0.15, 0.2) is 0 Å². The maximum absolute atomic E-state index is 13.2. The molecule has 0 aliphatic carbocycles. The average Bonchev–Trinajstić information content (AvgIpc) is 3.07. The predicted octanol–water partition coefficient (Wildman–Crippen LogP) is 2.19. The summed E-state index contributed by atoms with van der Waals surface area (Å²) in [6, 6.07) is 3.68. The maximum Gasteiger partial charge on any atom is 0.337 e. The third kappa shape index (κ3) is 5.77. The number of carbonyl (C=O) groups is 2. The van der Waals surface area contributed by atoms with Crippen LogP contribution in [0.2, 0.25) is 0 Å². The number of rotatable bonds is 8. The van der Waals surface area contributed by atoms with Gasteiger partial charge in [0, 0.05) is 13.1 Å². The molecule has 0 spiro atoms. The van der Waals surface area contributed by atoms with Gasteiger partial charge in [0.1, 0.15) is 5.75 Å². The van der Waals surface area contributed by atoms with Crippen molar-refractivity contribution in [2.75, 3.05) is 38.7 Å². The summed E-state index contributed by atoms with van der Waals surface area (Å²) in [5.41, 5.74) is 1.09. The SMILES string of the molecule is CCOC(=O)C1=C(CNc2cc(S(=O)(=O)N3CCCCCC3)ccc2OC)NC(=O)N[C@@H]1C. The number of ether oxygens (including phenoxy) is 2. The molecule has 11 heteroatoms. The Labute approximate surface area is 194 Å². The minimum atomic E-state index is -3.65. The van der Waals surface area contributed by atoms with E-state index in [2.05, 4.69) is 16.0 Å². The fourth-order valence-electron chi connectivity index (χ4n) is 4.02. The monoisotopic (exact) mass is 480 g/mol. The number of esters is 1. The van der Waals surface area contributed by atoms with E-state index in [1.54, 1.807) is 19.9 Å². The first-order valence-corrected chi connectivity index (χ1v) is 12.6. The minimum absolute atomic E-state index is 0.0650. The molecule has 182 valence electrons. The molecule has 2 heterocycles. The maximum atomic E-state index is 13.2. The van der Waals surface area contributed by atoms with Crippen LogP contribution < -0.4 is 20.7 Å². The van der Waals surface area contributed by atoms with Gasteiger partial charge < -0.3 is 25.4 Å². The van der Waals surface area contributed by atoms with Gasteiger partial charge in [-0.2, -0.15) is 4.31 Å². The molecule has 1 saturated heterocycles. The van der Waals surface area contributed by atoms with Crippen molar-refractivity contribution < 1.29 is 27.5 Å². The summed E-state index contributed by atoms with van der Waals surface area (Å²) in [4.78, 5) is 24.6. The zero-order chi connectivity index (χ0) is 24.0. The molecule has 0 aromatic heterocycles. The molecule has 1 aromatic rings. The molecular weight excluding hydrogens is 448 g/mol. The molecule has 0 bridgehead atoms. The van der Waals surface area contributed by atoms with E-state index >= 15 is 0 Å². The number of amides is 2. The Hall–Kier alpha value is -2.79. The number of urea groups is 1. The van der Waals surface area contributed by atoms with Crippen LogP contribution in [0.5, 0.6) is 5.75 Å². The standard InChI is InChI=1S/C22H32N4O6S/c1-4-32-21(27)20-15(2)24-22(28)25-18(20)14-23-17-13-16(9-10-19(17)31-3)33(29,30)26-11-7-5-6-8-12-26/h9-10,13,15,23H,4-8,11-12,14H2,1-3H3,(H2,24,25,28)/t15-/m1/s1. The highest BCUT2D eigenvalue weighted by Gasteiger charge is 2.30. The molecule has 10 nitrogen and oxygen atoms in total. The molecule has 3 N–H and O–H groups in total. The zero-order valence-electron chi connectivity index (χ0n) is 19.3. The van der Waals surface area contributed by atoms with Crippen LogP contribution in [0.4, 0.5) is 10.5 Å². The third-order valence-electron chi connectivity index (χ3n) is 5.69. The van der Waals surface area contributed by atoms with Crippen molar-refractivity contribution in [1.82, 2.24) is 14.9 Å². The number of carbonyl (C=O) groups excluding carboxylic acids is 2. The summed E-state index contributed by atoms with van der Waals surface area (Å²) in [6.07, 6.45) is 3.74. The molecule has 3 rings (SSSR count). The lowest BCUT2D eigenvalue weighted by Gasteiger charge is -2.27. The lowest BCUT2D eigenvalue weighted by atomic mass is 10.0. The second-order valence-electron chi connectivity index (χ2n) is 7.97. The van der Waals surface area contributed by atoms with Gasteiger partial charge in [-0.05, 0) is 44.9 Å². The summed E-state index contributed by atoms with van der Waals surface area (Å²) in [5.74, 6) is -0.0878. The molecule has 33 heavy (non-hydrogen) atoms. The smallest absolute Gasteiger partial charge is 0.337 e. The number of nitrogens with one attached hydrogen (secondary N) is 3. The summed E-state index contributed by atoms with van der Waals surface area (Å²) >= 11 is 0. The van der Waals surface area contributed by atoms with Crippen molar-refractivity contribution in [3.63, 3.8) is 0 Å². The summed E-state index contributed by atoms with van der Waals surface area (Å²) in [6.45, 7) is 4.67. The topological polar surface area (TPSA) is 126 Å². The second kappa shape index (κ2) is 10.9. The minimum Gasteiger partial charge on any atom is -0.495 e. The third-order valence-corrected chi connectivity index (χ3v) is 7.59. The van der Waals surface area contributed by atoms with Crippen molar-refractivity contribution in [2.24, 2.45) is 0 Å². The highest BCUT2D eigenvalue weighted by molar-refractivity contribution is 7.89. The first-order valence-electron chi connectivity index (χ1n) is 11.2. The summed E-state index contributed by atoms with van der Waals surface area (Å²) in [7, 11) is -2.17. The van der Waals surface area contributed by atoms with Crippen LogP contribution in [0, 0.1) is 0 Å². The van der Waals surface area contributed by atoms with Crippen molar-refractivity contribution >= 4 is 27.7 Å². The van der Waals surface area contributed by atoms with Crippen LogP contribution in [-0.2, 0) is 19.6 Å². The van der Waals surface area contributed by atoms with Crippen molar-refractivity contribution in [3.8, 4) is 5.75 Å². The fraction of sp³-hybridized carbons (Fsp3) is 0.545. The number of methoxy groups -OCH3 is 1. The van der Waals surface area contributed by atoms with Crippen LogP contribution in [-0.4, -0.2) is 64.1 Å². The fourth-order valence-corrected chi connectivity index (χ4v) is 5.56. The van der Waals surface area contributed by atoms with Gasteiger partial charge >= 0.3 is 12.0 Å². The van der Waals surface area contributed by atoms with Crippen molar-refractivity contribution in [3.05, 3.63) is 29.5 Å². The van der Waals surface area contributed by atoms with E-state index < -0.39 is 28.1 Å². The molecule has 0 saturated carbocycles. The van der Waals surface area contributed by atoms with Crippen molar-refractivity contribution in [2.45, 2.75) is 50.5 Å². The second-order valence-corrected chi connectivity index (χ2v) is 9.90. The predicted molar refractivity (Wildman–Crippen MR) is 123 cm³/mol. The Morgan fingerprint density at radius 1 is 1.21 bits per heavy atom. The highest BCUT2D eigenvalue weighted by Crippen LogP contribution is 2.30. The van der Waals surface area contributed by atoms with Gasteiger partial charge in [-0.15, -0.1) is 0 Å². The van der Waals surface area contributed by atoms with E-state index in [1.807, 2.05) is 0 Å². The van der Waals surface area contributed by atoms with Gasteiger partial charge in [-0.3, -0.25) is 0 Å². The van der Waals surface area contributed by atoms with Crippen LogP contribution in [0.1, 0.15) is 39.5 Å². The Bertz CT molecular complexity index is 1020. The molecular formula is C22H32N4O6S. The molecule has 1 fully saturated rings. The number of hydrogen-bond acceptors (Lipinski definition) is 7. The molecule has 2 aliphatic rings. The lowest BCUT2D eigenvalue weighted by Crippen LogP contribution is -2.50. The number of nitrogens with zero attached hydrogens (tertiary/aromatic N) is 1. The van der Waals surface area contributed by atoms with Gasteiger partial charge in [0.2, 0.25) is 10.0 Å². The summed E-state index contributed by atoms with van der Waals surface area (Å²) < 4.78 is 38.5. The zero-order valence-corrected chi connectivity index (χ0v) is 20.1. The normalized spacial score (nSPS) is 19.8. The lowest BCUT2D eigenvalue weighted by molar-refractivity contribution is -0.139. The van der Waals surface area contributed by atoms with Crippen LogP contribution >= 0.6 is 0 Å². The molecule has 0 unspecified atom stereocenters. The Morgan fingerprint density at radius 3 is 2.55 bits per heavy atom. The first-order chi connectivity index (χ1) is 15.8. The van der Waals surface area contributed by atoms with Crippen LogP contribution in [0.25, 0.3) is 0 Å². The quantitative estimate of drug-likeness (QED) is 0.487. The Morgan fingerprint density at radius 2 is 1.91 bits per heavy atom. The van der Waals surface area contributed by atoms with E-state index in [1.165, 1.54) is 23.5 Å². The van der Waals surface area contributed by atoms with E-state index in [0.29, 0.717) is 35.8 Å². The van der Waals surface area contributed by atoms with Gasteiger partial charge in [0.25, 0.3) is 0 Å². The van der Waals surface area contributed by atoms with E-state index in [9.17, 15) is 18.0 Å². The number of sulfonamides is 1. The first kappa shape index (κ1) is 24.8.